The molecule has 0 spiro atoms. The first-order chi connectivity index (χ1) is 15.6. The fourth-order valence-electron chi connectivity index (χ4n) is 4.09. The number of para-hydroxylation sites is 1. The van der Waals surface area contributed by atoms with Gasteiger partial charge in [0.1, 0.15) is 17.3 Å². The lowest BCUT2D eigenvalue weighted by molar-refractivity contribution is -0.0221. The fraction of sp³-hybridized carbons (Fsp3) is 0.348. The Bertz CT molecular complexity index is 1280. The van der Waals surface area contributed by atoms with E-state index in [2.05, 4.69) is 10.3 Å². The highest BCUT2D eigenvalue weighted by Gasteiger charge is 2.35. The van der Waals surface area contributed by atoms with Crippen molar-refractivity contribution in [2.24, 2.45) is 0 Å². The van der Waals surface area contributed by atoms with E-state index in [0.717, 1.165) is 10.6 Å². The molecule has 10 heteroatoms. The number of hydrogen-bond acceptors (Lipinski definition) is 5. The third-order valence-electron chi connectivity index (χ3n) is 5.91. The van der Waals surface area contributed by atoms with Crippen molar-refractivity contribution in [1.82, 2.24) is 9.38 Å². The number of piperidine rings is 1. The molecular formula is C23H23F3N4O3. The number of carboxylic acid groups (broad SMARTS) is 1. The zero-order chi connectivity index (χ0) is 23.9. The van der Waals surface area contributed by atoms with Gasteiger partial charge in [0.25, 0.3) is 11.5 Å². The molecular weight excluding hydrogens is 437 g/mol. The van der Waals surface area contributed by atoms with Crippen molar-refractivity contribution >= 4 is 23.1 Å². The SMILES string of the molecule is Cc1c(N2CCC(F)(F)CC2)nc2c([C@H](C)Nc3ccccc3C(=O)O)cc(F)cn2c1=O. The van der Waals surface area contributed by atoms with Crippen LogP contribution in [-0.4, -0.2) is 39.5 Å². The number of pyridine rings is 1. The van der Waals surface area contributed by atoms with Gasteiger partial charge in [0.15, 0.2) is 0 Å². The summed E-state index contributed by atoms with van der Waals surface area (Å²) in [6.07, 6.45) is 0.356. The number of anilines is 2. The summed E-state index contributed by atoms with van der Waals surface area (Å²) in [5.74, 6) is -4.24. The van der Waals surface area contributed by atoms with Crippen molar-refractivity contribution in [3.05, 3.63) is 69.4 Å². The van der Waals surface area contributed by atoms with Crippen LogP contribution in [0.2, 0.25) is 0 Å². The number of hydrogen-bond donors (Lipinski definition) is 2. The number of nitrogens with zero attached hydrogens (tertiary/aromatic N) is 3. The fourth-order valence-corrected chi connectivity index (χ4v) is 4.09. The predicted octanol–water partition coefficient (Wildman–Crippen LogP) is 4.25. The molecule has 1 aliphatic rings. The summed E-state index contributed by atoms with van der Waals surface area (Å²) in [5, 5.41) is 12.5. The van der Waals surface area contributed by atoms with Gasteiger partial charge in [0.2, 0.25) is 0 Å². The van der Waals surface area contributed by atoms with Gasteiger partial charge in [-0.25, -0.2) is 22.9 Å². The second-order valence-electron chi connectivity index (χ2n) is 8.23. The molecule has 1 aliphatic heterocycles. The second kappa shape index (κ2) is 8.42. The molecule has 1 atom stereocenters. The minimum Gasteiger partial charge on any atom is -0.478 e. The van der Waals surface area contributed by atoms with Gasteiger partial charge in [-0.2, -0.15) is 0 Å². The zero-order valence-corrected chi connectivity index (χ0v) is 18.1. The van der Waals surface area contributed by atoms with Gasteiger partial charge in [0.05, 0.1) is 17.2 Å². The Kier molecular flexibility index (Phi) is 5.77. The number of nitrogens with one attached hydrogen (secondary N) is 1. The molecule has 1 fully saturated rings. The molecule has 0 aliphatic carbocycles. The first kappa shape index (κ1) is 22.6. The lowest BCUT2D eigenvalue weighted by atomic mass is 10.1. The van der Waals surface area contributed by atoms with Crippen molar-refractivity contribution < 1.29 is 23.1 Å². The van der Waals surface area contributed by atoms with E-state index in [4.69, 9.17) is 0 Å². The van der Waals surface area contributed by atoms with Gasteiger partial charge in [-0.3, -0.25) is 9.20 Å². The zero-order valence-electron chi connectivity index (χ0n) is 18.1. The van der Waals surface area contributed by atoms with E-state index < -0.39 is 29.3 Å². The van der Waals surface area contributed by atoms with E-state index >= 15 is 0 Å². The largest absolute Gasteiger partial charge is 0.478 e. The van der Waals surface area contributed by atoms with E-state index in [-0.39, 0.29) is 42.7 Å². The van der Waals surface area contributed by atoms with Crippen LogP contribution in [0, 0.1) is 12.7 Å². The Morgan fingerprint density at radius 2 is 1.91 bits per heavy atom. The van der Waals surface area contributed by atoms with Crippen LogP contribution in [0.25, 0.3) is 5.65 Å². The van der Waals surface area contributed by atoms with E-state index in [1.165, 1.54) is 12.1 Å². The highest BCUT2D eigenvalue weighted by atomic mass is 19.3. The summed E-state index contributed by atoms with van der Waals surface area (Å²) in [7, 11) is 0. The first-order valence-electron chi connectivity index (χ1n) is 10.5. The van der Waals surface area contributed by atoms with Crippen molar-refractivity contribution in [1.29, 1.82) is 0 Å². The topological polar surface area (TPSA) is 86.9 Å². The highest BCUT2D eigenvalue weighted by Crippen LogP contribution is 2.32. The molecule has 0 radical (unpaired) electrons. The molecule has 3 heterocycles. The van der Waals surface area contributed by atoms with E-state index in [9.17, 15) is 27.9 Å². The van der Waals surface area contributed by atoms with Gasteiger partial charge in [0, 0.05) is 43.4 Å². The summed E-state index contributed by atoms with van der Waals surface area (Å²) in [6.45, 7) is 3.33. The summed E-state index contributed by atoms with van der Waals surface area (Å²) in [6, 6.07) is 6.90. The maximum atomic E-state index is 14.5. The van der Waals surface area contributed by atoms with Gasteiger partial charge in [-0.15, -0.1) is 0 Å². The molecule has 0 saturated carbocycles. The van der Waals surface area contributed by atoms with E-state index in [1.807, 2.05) is 0 Å². The van der Waals surface area contributed by atoms with Crippen molar-refractivity contribution in [2.75, 3.05) is 23.3 Å². The Morgan fingerprint density at radius 3 is 2.58 bits per heavy atom. The highest BCUT2D eigenvalue weighted by molar-refractivity contribution is 5.94. The summed E-state index contributed by atoms with van der Waals surface area (Å²) >= 11 is 0. The van der Waals surface area contributed by atoms with Crippen LogP contribution < -0.4 is 15.8 Å². The lowest BCUT2D eigenvalue weighted by Crippen LogP contribution is -2.41. The maximum absolute atomic E-state index is 14.5. The molecule has 1 aromatic carbocycles. The van der Waals surface area contributed by atoms with Crippen molar-refractivity contribution in [3.8, 4) is 0 Å². The number of aromatic nitrogens is 2. The minimum atomic E-state index is -2.75. The number of benzene rings is 1. The molecule has 0 amide bonds. The summed E-state index contributed by atoms with van der Waals surface area (Å²) < 4.78 is 42.8. The van der Waals surface area contributed by atoms with Crippen LogP contribution in [-0.2, 0) is 0 Å². The van der Waals surface area contributed by atoms with E-state index in [0.29, 0.717) is 17.1 Å². The van der Waals surface area contributed by atoms with Gasteiger partial charge < -0.3 is 15.3 Å². The molecule has 3 aromatic rings. The van der Waals surface area contributed by atoms with Gasteiger partial charge >= 0.3 is 5.97 Å². The van der Waals surface area contributed by atoms with Crippen LogP contribution in [0.1, 0.15) is 47.3 Å². The smallest absolute Gasteiger partial charge is 0.337 e. The maximum Gasteiger partial charge on any atom is 0.337 e. The predicted molar refractivity (Wildman–Crippen MR) is 118 cm³/mol. The number of carboxylic acids is 1. The molecule has 0 unspecified atom stereocenters. The lowest BCUT2D eigenvalue weighted by Gasteiger charge is -2.33. The Hall–Kier alpha value is -3.56. The van der Waals surface area contributed by atoms with Gasteiger partial charge in [-0.1, -0.05) is 12.1 Å². The third-order valence-corrected chi connectivity index (χ3v) is 5.91. The summed E-state index contributed by atoms with van der Waals surface area (Å²) in [4.78, 5) is 30.8. The number of fused-ring (bicyclic) bond motifs is 1. The van der Waals surface area contributed by atoms with Crippen LogP contribution in [0.15, 0.2) is 41.3 Å². The van der Waals surface area contributed by atoms with Crippen LogP contribution in [0.3, 0.4) is 0 Å². The van der Waals surface area contributed by atoms with E-state index in [1.54, 1.807) is 36.9 Å². The third kappa shape index (κ3) is 4.37. The Morgan fingerprint density at radius 1 is 1.24 bits per heavy atom. The average molecular weight is 460 g/mol. The number of aromatic carboxylic acids is 1. The minimum absolute atomic E-state index is 0.0426. The molecule has 1 saturated heterocycles. The molecule has 4 rings (SSSR count). The standard InChI is InChI=1S/C23H23F3N4O3/c1-13-19(29-9-7-23(25,26)8-10-29)28-20-17(11-15(24)12-30(20)21(13)31)14(2)27-18-6-4-3-5-16(18)22(32)33/h3-6,11-12,14,27H,7-10H2,1-2H3,(H,32,33)/t14-/m0/s1. The van der Waals surface area contributed by atoms with Crippen LogP contribution in [0.5, 0.6) is 0 Å². The number of alkyl halides is 2. The monoisotopic (exact) mass is 460 g/mol. The normalized spacial score (nSPS) is 16.6. The Labute approximate surface area is 187 Å². The number of rotatable bonds is 5. The quantitative estimate of drug-likeness (QED) is 0.592. The van der Waals surface area contributed by atoms with Crippen molar-refractivity contribution in [2.45, 2.75) is 38.7 Å². The second-order valence-corrected chi connectivity index (χ2v) is 8.23. The average Bonchev–Trinajstić information content (AvgIpc) is 2.76. The molecule has 2 aromatic heterocycles. The van der Waals surface area contributed by atoms with Crippen molar-refractivity contribution in [3.63, 3.8) is 0 Å². The van der Waals surface area contributed by atoms with Crippen LogP contribution in [0.4, 0.5) is 24.7 Å². The summed E-state index contributed by atoms with van der Waals surface area (Å²) in [5.41, 5.74) is 0.620. The Balaban J connectivity index is 1.80. The molecule has 7 nitrogen and oxygen atoms in total. The van der Waals surface area contributed by atoms with Crippen LogP contribution >= 0.6 is 0 Å². The van der Waals surface area contributed by atoms with Gasteiger partial charge in [-0.05, 0) is 32.0 Å². The molecule has 2 N–H and O–H groups in total. The molecule has 33 heavy (non-hydrogen) atoms. The number of halogens is 3. The first-order valence-corrected chi connectivity index (χ1v) is 10.5. The molecule has 0 bridgehead atoms. The molecule has 174 valence electrons. The number of carbonyl (C=O) groups is 1.